The van der Waals surface area contributed by atoms with Crippen molar-refractivity contribution in [1.82, 2.24) is 9.97 Å². The van der Waals surface area contributed by atoms with Crippen LogP contribution in [0.2, 0.25) is 0 Å². The van der Waals surface area contributed by atoms with Gasteiger partial charge in [-0.1, -0.05) is 18.2 Å². The van der Waals surface area contributed by atoms with Crippen LogP contribution in [0.1, 0.15) is 16.4 Å². The molecule has 0 aliphatic carbocycles. The van der Waals surface area contributed by atoms with Crippen LogP contribution < -0.4 is 10.6 Å². The molecule has 3 aromatic heterocycles. The summed E-state index contributed by atoms with van der Waals surface area (Å²) >= 11 is 1.73. The number of fused-ring (bicyclic) bond motifs is 1. The standard InChI is InChI=1S/C20H20N4OS/c1-14-8-9-15(25-14)10-11-21-20-23-18-7-3-2-6-17(18)19(24-20)22-13-16-5-4-12-26-16/h2-9,12H,10-11,13H2,1H3,(H2,21,22,23,24). The van der Waals surface area contributed by atoms with E-state index in [1.54, 1.807) is 11.3 Å². The first-order valence-electron chi connectivity index (χ1n) is 8.60. The molecule has 0 aliphatic rings. The minimum Gasteiger partial charge on any atom is -0.466 e. The summed E-state index contributed by atoms with van der Waals surface area (Å²) in [5, 5.41) is 9.86. The number of nitrogens with one attached hydrogen (secondary N) is 2. The molecule has 26 heavy (non-hydrogen) atoms. The highest BCUT2D eigenvalue weighted by atomic mass is 32.1. The maximum atomic E-state index is 5.60. The van der Waals surface area contributed by atoms with Gasteiger partial charge in [-0.05, 0) is 42.6 Å². The molecule has 0 bridgehead atoms. The molecule has 4 rings (SSSR count). The van der Waals surface area contributed by atoms with Crippen LogP contribution in [0.3, 0.4) is 0 Å². The van der Waals surface area contributed by atoms with Gasteiger partial charge >= 0.3 is 0 Å². The Balaban J connectivity index is 1.50. The van der Waals surface area contributed by atoms with Gasteiger partial charge < -0.3 is 15.1 Å². The Morgan fingerprint density at radius 3 is 2.73 bits per heavy atom. The van der Waals surface area contributed by atoms with Gasteiger partial charge in [0, 0.05) is 23.2 Å². The highest BCUT2D eigenvalue weighted by Crippen LogP contribution is 2.23. The molecular weight excluding hydrogens is 344 g/mol. The molecule has 6 heteroatoms. The number of hydrogen-bond acceptors (Lipinski definition) is 6. The van der Waals surface area contributed by atoms with Crippen molar-refractivity contribution in [2.75, 3.05) is 17.2 Å². The van der Waals surface area contributed by atoms with Crippen LogP contribution in [0.25, 0.3) is 10.9 Å². The van der Waals surface area contributed by atoms with Gasteiger partial charge in [0.15, 0.2) is 0 Å². The van der Waals surface area contributed by atoms with Crippen LogP contribution in [0.5, 0.6) is 0 Å². The van der Waals surface area contributed by atoms with Crippen molar-refractivity contribution >= 4 is 34.0 Å². The number of aryl methyl sites for hydroxylation is 1. The van der Waals surface area contributed by atoms with Crippen molar-refractivity contribution in [3.05, 3.63) is 70.3 Å². The van der Waals surface area contributed by atoms with Gasteiger partial charge in [-0.15, -0.1) is 11.3 Å². The highest BCUT2D eigenvalue weighted by molar-refractivity contribution is 7.09. The summed E-state index contributed by atoms with van der Waals surface area (Å²) in [5.41, 5.74) is 0.924. The summed E-state index contributed by atoms with van der Waals surface area (Å²) in [5.74, 6) is 3.37. The number of anilines is 2. The Morgan fingerprint density at radius 2 is 1.92 bits per heavy atom. The van der Waals surface area contributed by atoms with Crippen LogP contribution in [-0.2, 0) is 13.0 Å². The van der Waals surface area contributed by atoms with E-state index in [2.05, 4.69) is 38.1 Å². The molecule has 0 fully saturated rings. The Bertz CT molecular complexity index is 994. The summed E-state index contributed by atoms with van der Waals surface area (Å²) in [6, 6.07) is 16.2. The van der Waals surface area contributed by atoms with E-state index in [4.69, 9.17) is 4.42 Å². The number of aromatic nitrogens is 2. The second-order valence-electron chi connectivity index (χ2n) is 6.04. The third-order valence-electron chi connectivity index (χ3n) is 4.06. The summed E-state index contributed by atoms with van der Waals surface area (Å²) in [6.07, 6.45) is 0.794. The molecule has 0 unspecified atom stereocenters. The number of benzene rings is 1. The van der Waals surface area contributed by atoms with E-state index in [0.717, 1.165) is 47.8 Å². The van der Waals surface area contributed by atoms with Crippen molar-refractivity contribution in [2.45, 2.75) is 19.9 Å². The number of nitrogens with zero attached hydrogens (tertiary/aromatic N) is 2. The number of hydrogen-bond donors (Lipinski definition) is 2. The SMILES string of the molecule is Cc1ccc(CCNc2nc(NCc3cccs3)c3ccccc3n2)o1. The lowest BCUT2D eigenvalue weighted by Gasteiger charge is -2.11. The second-order valence-corrected chi connectivity index (χ2v) is 7.07. The summed E-state index contributed by atoms with van der Waals surface area (Å²) < 4.78 is 5.60. The van der Waals surface area contributed by atoms with Crippen molar-refractivity contribution in [1.29, 1.82) is 0 Å². The zero-order valence-corrected chi connectivity index (χ0v) is 15.3. The molecule has 4 aromatic rings. The van der Waals surface area contributed by atoms with Gasteiger partial charge in [0.1, 0.15) is 17.3 Å². The van der Waals surface area contributed by atoms with Crippen molar-refractivity contribution < 1.29 is 4.42 Å². The topological polar surface area (TPSA) is 63.0 Å². The molecular formula is C20H20N4OS. The lowest BCUT2D eigenvalue weighted by molar-refractivity contribution is 0.486. The Labute approximate surface area is 156 Å². The Morgan fingerprint density at radius 1 is 1.00 bits per heavy atom. The average Bonchev–Trinajstić information content (AvgIpc) is 3.31. The van der Waals surface area contributed by atoms with Gasteiger partial charge in [-0.2, -0.15) is 4.98 Å². The van der Waals surface area contributed by atoms with E-state index in [1.807, 2.05) is 43.3 Å². The monoisotopic (exact) mass is 364 g/mol. The molecule has 0 radical (unpaired) electrons. The summed E-state index contributed by atoms with van der Waals surface area (Å²) in [4.78, 5) is 10.6. The first kappa shape index (κ1) is 16.6. The lowest BCUT2D eigenvalue weighted by atomic mass is 10.2. The van der Waals surface area contributed by atoms with Crippen molar-refractivity contribution in [3.63, 3.8) is 0 Å². The minimum absolute atomic E-state index is 0.626. The van der Waals surface area contributed by atoms with Crippen LogP contribution >= 0.6 is 11.3 Å². The molecule has 3 heterocycles. The molecule has 2 N–H and O–H groups in total. The fraction of sp³-hybridized carbons (Fsp3) is 0.200. The smallest absolute Gasteiger partial charge is 0.225 e. The molecule has 0 atom stereocenters. The average molecular weight is 364 g/mol. The number of rotatable bonds is 7. The molecule has 0 spiro atoms. The van der Waals surface area contributed by atoms with E-state index in [9.17, 15) is 0 Å². The summed E-state index contributed by atoms with van der Waals surface area (Å²) in [6.45, 7) is 3.42. The van der Waals surface area contributed by atoms with Gasteiger partial charge in [0.2, 0.25) is 5.95 Å². The predicted molar refractivity (Wildman–Crippen MR) is 107 cm³/mol. The zero-order valence-electron chi connectivity index (χ0n) is 14.5. The number of thiophene rings is 1. The van der Waals surface area contributed by atoms with E-state index in [1.165, 1.54) is 4.88 Å². The number of para-hydroxylation sites is 1. The Kier molecular flexibility index (Phi) is 4.84. The van der Waals surface area contributed by atoms with E-state index >= 15 is 0 Å². The molecule has 1 aromatic carbocycles. The fourth-order valence-electron chi connectivity index (χ4n) is 2.79. The fourth-order valence-corrected chi connectivity index (χ4v) is 3.44. The third-order valence-corrected chi connectivity index (χ3v) is 4.94. The maximum Gasteiger partial charge on any atom is 0.225 e. The minimum atomic E-state index is 0.626. The molecule has 132 valence electrons. The Hall–Kier alpha value is -2.86. The normalized spacial score (nSPS) is 11.0. The molecule has 0 saturated heterocycles. The molecule has 5 nitrogen and oxygen atoms in total. The predicted octanol–water partition coefficient (Wildman–Crippen LogP) is 4.86. The van der Waals surface area contributed by atoms with Crippen molar-refractivity contribution in [3.8, 4) is 0 Å². The van der Waals surface area contributed by atoms with E-state index in [-0.39, 0.29) is 0 Å². The van der Waals surface area contributed by atoms with Crippen LogP contribution in [-0.4, -0.2) is 16.5 Å². The largest absolute Gasteiger partial charge is 0.466 e. The second kappa shape index (κ2) is 7.58. The van der Waals surface area contributed by atoms with E-state index in [0.29, 0.717) is 5.95 Å². The van der Waals surface area contributed by atoms with E-state index < -0.39 is 0 Å². The van der Waals surface area contributed by atoms with Gasteiger partial charge in [0.05, 0.1) is 12.1 Å². The first-order chi connectivity index (χ1) is 12.8. The highest BCUT2D eigenvalue weighted by Gasteiger charge is 2.08. The quantitative estimate of drug-likeness (QED) is 0.490. The van der Waals surface area contributed by atoms with Gasteiger partial charge in [0.25, 0.3) is 0 Å². The van der Waals surface area contributed by atoms with Crippen LogP contribution in [0.15, 0.2) is 58.3 Å². The molecule has 0 aliphatic heterocycles. The third kappa shape index (κ3) is 3.86. The maximum absolute atomic E-state index is 5.60. The number of furan rings is 1. The molecule has 0 saturated carbocycles. The van der Waals surface area contributed by atoms with Crippen molar-refractivity contribution in [2.24, 2.45) is 0 Å². The van der Waals surface area contributed by atoms with Crippen LogP contribution in [0, 0.1) is 6.92 Å². The zero-order chi connectivity index (χ0) is 17.8. The summed E-state index contributed by atoms with van der Waals surface area (Å²) in [7, 11) is 0. The molecule has 0 amide bonds. The first-order valence-corrected chi connectivity index (χ1v) is 9.48. The van der Waals surface area contributed by atoms with Gasteiger partial charge in [-0.3, -0.25) is 0 Å². The van der Waals surface area contributed by atoms with Gasteiger partial charge in [-0.25, -0.2) is 4.98 Å². The lowest BCUT2D eigenvalue weighted by Crippen LogP contribution is -2.10. The van der Waals surface area contributed by atoms with Crippen LogP contribution in [0.4, 0.5) is 11.8 Å².